The van der Waals surface area contributed by atoms with Crippen LogP contribution >= 0.6 is 23.4 Å². The summed E-state index contributed by atoms with van der Waals surface area (Å²) >= 11 is 6.85. The molecular weight excluding hydrogens is 405 g/mol. The van der Waals surface area contributed by atoms with Gasteiger partial charge in [-0.15, -0.1) is 10.2 Å². The van der Waals surface area contributed by atoms with Crippen LogP contribution in [0.15, 0.2) is 47.6 Å². The van der Waals surface area contributed by atoms with Gasteiger partial charge in [-0.3, -0.25) is 4.79 Å². The largest absolute Gasteiger partial charge is 0.497 e. The number of nitrogens with two attached hydrogens (primary N) is 1. The van der Waals surface area contributed by atoms with Gasteiger partial charge >= 0.3 is 0 Å². The fraction of sp³-hybridized carbons (Fsp3) is 0.167. The summed E-state index contributed by atoms with van der Waals surface area (Å²) in [6.45, 7) is 0. The molecule has 0 fully saturated rings. The molecular formula is C18H17ClFN5O2S. The first-order chi connectivity index (χ1) is 13.5. The molecule has 0 saturated carbocycles. The summed E-state index contributed by atoms with van der Waals surface area (Å²) in [5.41, 5.74) is 1.41. The highest BCUT2D eigenvalue weighted by atomic mass is 35.5. The van der Waals surface area contributed by atoms with Crippen LogP contribution in [0.4, 0.5) is 10.1 Å². The van der Waals surface area contributed by atoms with Gasteiger partial charge in [0.2, 0.25) is 11.1 Å². The molecule has 2 aromatic carbocycles. The van der Waals surface area contributed by atoms with Crippen molar-refractivity contribution in [2.24, 2.45) is 0 Å². The number of rotatable bonds is 7. The lowest BCUT2D eigenvalue weighted by atomic mass is 10.1. The molecule has 0 aliphatic heterocycles. The van der Waals surface area contributed by atoms with E-state index in [2.05, 4.69) is 15.5 Å². The van der Waals surface area contributed by atoms with Crippen LogP contribution in [-0.4, -0.2) is 33.6 Å². The number of hydrogen-bond donors (Lipinski definition) is 2. The highest BCUT2D eigenvalue weighted by Gasteiger charge is 2.13. The summed E-state index contributed by atoms with van der Waals surface area (Å²) in [6.07, 6.45) is 0.494. The standard InChI is InChI=1S/C18H17ClFN5O2S/c1-27-13-5-2-11(3-6-13)8-16-23-24-18(25(16)21)28-10-17(26)22-12-4-7-15(20)14(19)9-12/h2-7,9H,8,10,21H2,1H3,(H,22,26). The SMILES string of the molecule is COc1ccc(Cc2nnc(SCC(=O)Nc3ccc(F)c(Cl)c3)n2N)cc1. The third-order valence-electron chi connectivity index (χ3n) is 3.79. The number of ether oxygens (including phenoxy) is 1. The Morgan fingerprint density at radius 2 is 2.04 bits per heavy atom. The molecule has 7 nitrogen and oxygen atoms in total. The number of thioether (sulfide) groups is 1. The van der Waals surface area contributed by atoms with Crippen molar-refractivity contribution in [3.8, 4) is 5.75 Å². The van der Waals surface area contributed by atoms with Gasteiger partial charge in [0.15, 0.2) is 5.82 Å². The Balaban J connectivity index is 1.57. The van der Waals surface area contributed by atoms with Gasteiger partial charge < -0.3 is 15.9 Å². The monoisotopic (exact) mass is 421 g/mol. The third-order valence-corrected chi connectivity index (χ3v) is 5.02. The van der Waals surface area contributed by atoms with Gasteiger partial charge in [0, 0.05) is 12.1 Å². The molecule has 0 radical (unpaired) electrons. The number of carbonyl (C=O) groups excluding carboxylic acids is 1. The first kappa shape index (κ1) is 20.0. The number of anilines is 1. The van der Waals surface area contributed by atoms with Crippen LogP contribution in [-0.2, 0) is 11.2 Å². The molecule has 0 spiro atoms. The van der Waals surface area contributed by atoms with Crippen molar-refractivity contribution >= 4 is 35.0 Å². The summed E-state index contributed by atoms with van der Waals surface area (Å²) in [7, 11) is 1.61. The highest BCUT2D eigenvalue weighted by Crippen LogP contribution is 2.21. The quantitative estimate of drug-likeness (QED) is 0.449. The first-order valence-electron chi connectivity index (χ1n) is 8.16. The number of methoxy groups -OCH3 is 1. The van der Waals surface area contributed by atoms with E-state index in [1.807, 2.05) is 24.3 Å². The van der Waals surface area contributed by atoms with E-state index in [0.717, 1.165) is 23.1 Å². The van der Waals surface area contributed by atoms with E-state index in [0.29, 0.717) is 23.1 Å². The molecule has 1 aromatic heterocycles. The minimum Gasteiger partial charge on any atom is -0.497 e. The number of nitrogens with one attached hydrogen (secondary N) is 1. The van der Waals surface area contributed by atoms with Crippen LogP contribution in [0.1, 0.15) is 11.4 Å². The minimum atomic E-state index is -0.547. The molecule has 0 unspecified atom stereocenters. The number of aromatic nitrogens is 3. The van der Waals surface area contributed by atoms with Crippen LogP contribution in [0.25, 0.3) is 0 Å². The molecule has 0 saturated heterocycles. The zero-order valence-electron chi connectivity index (χ0n) is 14.9. The molecule has 10 heteroatoms. The number of benzene rings is 2. The van der Waals surface area contributed by atoms with E-state index in [-0.39, 0.29) is 16.7 Å². The third kappa shape index (κ3) is 4.93. The second-order valence-electron chi connectivity index (χ2n) is 5.76. The molecule has 146 valence electrons. The molecule has 0 atom stereocenters. The number of amides is 1. The Bertz CT molecular complexity index is 981. The molecule has 3 aromatic rings. The Kier molecular flexibility index (Phi) is 6.37. The summed E-state index contributed by atoms with van der Waals surface area (Å²) in [5, 5.41) is 11.1. The Labute approximate surface area is 170 Å². The van der Waals surface area contributed by atoms with Gasteiger partial charge in [0.25, 0.3) is 0 Å². The van der Waals surface area contributed by atoms with Gasteiger partial charge in [-0.2, -0.15) is 0 Å². The van der Waals surface area contributed by atoms with Gasteiger partial charge in [-0.1, -0.05) is 35.5 Å². The van der Waals surface area contributed by atoms with Crippen molar-refractivity contribution in [3.05, 3.63) is 64.7 Å². The minimum absolute atomic E-state index is 0.0599. The maximum absolute atomic E-state index is 13.2. The Morgan fingerprint density at radius 1 is 1.29 bits per heavy atom. The number of nitrogens with zero attached hydrogens (tertiary/aromatic N) is 3. The highest BCUT2D eigenvalue weighted by molar-refractivity contribution is 7.99. The second-order valence-corrected chi connectivity index (χ2v) is 7.11. The van der Waals surface area contributed by atoms with Gasteiger partial charge in [-0.05, 0) is 35.9 Å². The maximum Gasteiger partial charge on any atom is 0.234 e. The van der Waals surface area contributed by atoms with Gasteiger partial charge in [-0.25, -0.2) is 9.07 Å². The Hall–Kier alpha value is -2.78. The molecule has 1 heterocycles. The van der Waals surface area contributed by atoms with Gasteiger partial charge in [0.05, 0.1) is 17.9 Å². The first-order valence-corrected chi connectivity index (χ1v) is 9.52. The lowest BCUT2D eigenvalue weighted by molar-refractivity contribution is -0.113. The van der Waals surface area contributed by atoms with Crippen LogP contribution in [0.5, 0.6) is 5.75 Å². The Morgan fingerprint density at radius 3 is 2.71 bits per heavy atom. The average Bonchev–Trinajstić information content (AvgIpc) is 3.03. The van der Waals surface area contributed by atoms with Crippen molar-refractivity contribution in [2.45, 2.75) is 11.6 Å². The number of halogens is 2. The molecule has 0 bridgehead atoms. The molecule has 3 N–H and O–H groups in total. The number of carbonyl (C=O) groups is 1. The van der Waals surface area contributed by atoms with Crippen molar-refractivity contribution in [1.82, 2.24) is 14.9 Å². The number of nitrogen functional groups attached to an aromatic ring is 1. The van der Waals surface area contributed by atoms with Crippen molar-refractivity contribution in [2.75, 3.05) is 24.0 Å². The topological polar surface area (TPSA) is 95.1 Å². The molecule has 0 aliphatic carbocycles. The van der Waals surface area contributed by atoms with E-state index >= 15 is 0 Å². The van der Waals surface area contributed by atoms with E-state index in [1.54, 1.807) is 7.11 Å². The summed E-state index contributed by atoms with van der Waals surface area (Å²) in [4.78, 5) is 12.1. The second kappa shape index (κ2) is 8.94. The van der Waals surface area contributed by atoms with E-state index in [1.165, 1.54) is 22.9 Å². The van der Waals surface area contributed by atoms with E-state index in [4.69, 9.17) is 22.2 Å². The predicted octanol–water partition coefficient (Wildman–Crippen LogP) is 3.11. The zero-order chi connectivity index (χ0) is 20.1. The fourth-order valence-electron chi connectivity index (χ4n) is 2.35. The smallest absolute Gasteiger partial charge is 0.234 e. The molecule has 28 heavy (non-hydrogen) atoms. The van der Waals surface area contributed by atoms with Gasteiger partial charge in [0.1, 0.15) is 11.6 Å². The van der Waals surface area contributed by atoms with Crippen molar-refractivity contribution in [3.63, 3.8) is 0 Å². The fourth-order valence-corrected chi connectivity index (χ4v) is 3.21. The van der Waals surface area contributed by atoms with Crippen LogP contribution < -0.4 is 15.9 Å². The van der Waals surface area contributed by atoms with Crippen molar-refractivity contribution in [1.29, 1.82) is 0 Å². The van der Waals surface area contributed by atoms with E-state index in [9.17, 15) is 9.18 Å². The lowest BCUT2D eigenvalue weighted by Crippen LogP contribution is -2.17. The summed E-state index contributed by atoms with van der Waals surface area (Å²) in [6, 6.07) is 11.5. The summed E-state index contributed by atoms with van der Waals surface area (Å²) in [5.74, 6) is 6.59. The molecule has 3 rings (SSSR count). The van der Waals surface area contributed by atoms with Crippen LogP contribution in [0, 0.1) is 5.82 Å². The zero-order valence-corrected chi connectivity index (χ0v) is 16.4. The van der Waals surface area contributed by atoms with Crippen molar-refractivity contribution < 1.29 is 13.9 Å². The maximum atomic E-state index is 13.2. The molecule has 1 amide bonds. The number of hydrogen-bond acceptors (Lipinski definition) is 6. The predicted molar refractivity (Wildman–Crippen MR) is 107 cm³/mol. The lowest BCUT2D eigenvalue weighted by Gasteiger charge is -2.06. The normalized spacial score (nSPS) is 10.7. The average molecular weight is 422 g/mol. The van der Waals surface area contributed by atoms with E-state index < -0.39 is 5.82 Å². The summed E-state index contributed by atoms with van der Waals surface area (Å²) < 4.78 is 19.6. The molecule has 0 aliphatic rings. The van der Waals surface area contributed by atoms with Crippen LogP contribution in [0.2, 0.25) is 5.02 Å². The van der Waals surface area contributed by atoms with Crippen LogP contribution in [0.3, 0.4) is 0 Å².